The van der Waals surface area contributed by atoms with Gasteiger partial charge in [0.2, 0.25) is 5.91 Å². The minimum Gasteiger partial charge on any atom is -0.342 e. The summed E-state index contributed by atoms with van der Waals surface area (Å²) in [5.41, 5.74) is 0. The number of nitrogens with zero attached hydrogens (tertiary/aromatic N) is 3. The van der Waals surface area contributed by atoms with Gasteiger partial charge in [0.05, 0.1) is 12.6 Å². The van der Waals surface area contributed by atoms with E-state index >= 15 is 0 Å². The summed E-state index contributed by atoms with van der Waals surface area (Å²) in [6.07, 6.45) is 5.41. The number of carbonyl (C=O) groups excluding carboxylic acids is 1. The van der Waals surface area contributed by atoms with Crippen LogP contribution in [0.5, 0.6) is 0 Å². The predicted molar refractivity (Wildman–Crippen MR) is 65.2 cm³/mol. The molecule has 2 saturated heterocycles. The monoisotopic (exact) mass is 235 g/mol. The van der Waals surface area contributed by atoms with Crippen molar-refractivity contribution in [2.75, 3.05) is 32.7 Å². The molecule has 0 spiro atoms. The number of piperidine rings is 2. The van der Waals surface area contributed by atoms with Crippen LogP contribution >= 0.6 is 0 Å². The van der Waals surface area contributed by atoms with E-state index in [2.05, 4.69) is 11.0 Å². The Morgan fingerprint density at radius 1 is 1.12 bits per heavy atom. The molecule has 2 rings (SSSR count). The van der Waals surface area contributed by atoms with E-state index in [1.54, 1.807) is 0 Å². The molecule has 17 heavy (non-hydrogen) atoms. The Hall–Kier alpha value is -1.08. The summed E-state index contributed by atoms with van der Waals surface area (Å²) >= 11 is 0. The van der Waals surface area contributed by atoms with Crippen molar-refractivity contribution in [3.8, 4) is 6.07 Å². The Bertz CT molecular complexity index is 296. The van der Waals surface area contributed by atoms with Gasteiger partial charge in [-0.1, -0.05) is 0 Å². The third-order valence-corrected chi connectivity index (χ3v) is 3.84. The van der Waals surface area contributed by atoms with Crippen molar-refractivity contribution in [2.45, 2.75) is 32.1 Å². The highest BCUT2D eigenvalue weighted by molar-refractivity contribution is 5.78. The van der Waals surface area contributed by atoms with Gasteiger partial charge in [-0.2, -0.15) is 5.26 Å². The zero-order valence-electron chi connectivity index (χ0n) is 10.4. The van der Waals surface area contributed by atoms with Crippen molar-refractivity contribution >= 4 is 5.91 Å². The molecular formula is C13H21N3O. The van der Waals surface area contributed by atoms with Gasteiger partial charge in [-0.25, -0.2) is 0 Å². The van der Waals surface area contributed by atoms with Crippen molar-refractivity contribution in [1.82, 2.24) is 9.80 Å². The number of amides is 1. The lowest BCUT2D eigenvalue weighted by atomic mass is 9.98. The van der Waals surface area contributed by atoms with Crippen LogP contribution < -0.4 is 0 Å². The van der Waals surface area contributed by atoms with Crippen LogP contribution in [0.25, 0.3) is 0 Å². The molecule has 4 heteroatoms. The Balaban J connectivity index is 1.74. The Labute approximate surface area is 103 Å². The molecule has 0 atom stereocenters. The summed E-state index contributed by atoms with van der Waals surface area (Å²) < 4.78 is 0. The van der Waals surface area contributed by atoms with Crippen LogP contribution in [0.2, 0.25) is 0 Å². The van der Waals surface area contributed by atoms with Gasteiger partial charge in [-0.3, -0.25) is 9.69 Å². The highest BCUT2D eigenvalue weighted by Crippen LogP contribution is 2.16. The van der Waals surface area contributed by atoms with Gasteiger partial charge in [0.15, 0.2) is 0 Å². The first-order valence-corrected chi connectivity index (χ1v) is 6.69. The smallest absolute Gasteiger partial charge is 0.236 e. The largest absolute Gasteiger partial charge is 0.342 e. The lowest BCUT2D eigenvalue weighted by molar-refractivity contribution is -0.133. The minimum atomic E-state index is 0.205. The van der Waals surface area contributed by atoms with E-state index in [9.17, 15) is 4.79 Å². The summed E-state index contributed by atoms with van der Waals surface area (Å²) in [7, 11) is 0. The quantitative estimate of drug-likeness (QED) is 0.723. The molecule has 0 unspecified atom stereocenters. The van der Waals surface area contributed by atoms with Crippen LogP contribution in [0.3, 0.4) is 0 Å². The van der Waals surface area contributed by atoms with Crippen molar-refractivity contribution in [1.29, 1.82) is 5.26 Å². The van der Waals surface area contributed by atoms with Crippen LogP contribution in [0, 0.1) is 17.2 Å². The first-order valence-electron chi connectivity index (χ1n) is 6.69. The zero-order chi connectivity index (χ0) is 12.1. The standard InChI is InChI=1S/C13H21N3O/c14-10-12-4-8-15(9-5-12)11-13(17)16-6-2-1-3-7-16/h12H,1-9,11H2. The van der Waals surface area contributed by atoms with E-state index in [-0.39, 0.29) is 11.8 Å². The van der Waals surface area contributed by atoms with Gasteiger partial charge in [-0.15, -0.1) is 0 Å². The van der Waals surface area contributed by atoms with E-state index < -0.39 is 0 Å². The zero-order valence-corrected chi connectivity index (χ0v) is 10.4. The second-order valence-corrected chi connectivity index (χ2v) is 5.12. The molecule has 0 N–H and O–H groups in total. The predicted octanol–water partition coefficient (Wildman–Crippen LogP) is 1.23. The maximum Gasteiger partial charge on any atom is 0.236 e. The number of rotatable bonds is 2. The maximum atomic E-state index is 12.0. The molecule has 0 saturated carbocycles. The molecule has 0 aromatic rings. The first-order chi connectivity index (χ1) is 8.29. The summed E-state index contributed by atoms with van der Waals surface area (Å²) in [6.45, 7) is 4.23. The van der Waals surface area contributed by atoms with Gasteiger partial charge in [-0.05, 0) is 45.2 Å². The average Bonchev–Trinajstić information content (AvgIpc) is 2.40. The van der Waals surface area contributed by atoms with Crippen molar-refractivity contribution in [2.24, 2.45) is 5.92 Å². The van der Waals surface area contributed by atoms with Crippen LogP contribution in [-0.4, -0.2) is 48.4 Å². The van der Waals surface area contributed by atoms with Crippen molar-refractivity contribution in [3.63, 3.8) is 0 Å². The molecule has 2 aliphatic rings. The van der Waals surface area contributed by atoms with E-state index in [0.29, 0.717) is 6.54 Å². The number of hydrogen-bond acceptors (Lipinski definition) is 3. The average molecular weight is 235 g/mol. The Kier molecular flexibility index (Phi) is 4.38. The number of likely N-dealkylation sites (tertiary alicyclic amines) is 2. The van der Waals surface area contributed by atoms with Crippen LogP contribution in [0.4, 0.5) is 0 Å². The second kappa shape index (κ2) is 6.02. The summed E-state index contributed by atoms with van der Waals surface area (Å²) in [6, 6.07) is 2.32. The molecule has 2 fully saturated rings. The fourth-order valence-electron chi connectivity index (χ4n) is 2.65. The Morgan fingerprint density at radius 2 is 1.76 bits per heavy atom. The minimum absolute atomic E-state index is 0.205. The lowest BCUT2D eigenvalue weighted by Gasteiger charge is -2.32. The van der Waals surface area contributed by atoms with E-state index in [1.807, 2.05) is 4.90 Å². The molecule has 2 heterocycles. The number of hydrogen-bond donors (Lipinski definition) is 0. The fraction of sp³-hybridized carbons (Fsp3) is 0.846. The molecule has 1 amide bonds. The highest BCUT2D eigenvalue weighted by atomic mass is 16.2. The van der Waals surface area contributed by atoms with Gasteiger partial charge in [0.1, 0.15) is 0 Å². The topological polar surface area (TPSA) is 47.3 Å². The molecule has 0 aromatic carbocycles. The van der Waals surface area contributed by atoms with Crippen molar-refractivity contribution < 1.29 is 4.79 Å². The van der Waals surface area contributed by atoms with E-state index in [1.165, 1.54) is 6.42 Å². The molecule has 0 bridgehead atoms. The van der Waals surface area contributed by atoms with Crippen LogP contribution in [-0.2, 0) is 4.79 Å². The molecular weight excluding hydrogens is 214 g/mol. The van der Waals surface area contributed by atoms with Gasteiger partial charge in [0, 0.05) is 19.0 Å². The molecule has 0 aliphatic carbocycles. The molecule has 0 aromatic heterocycles. The third-order valence-electron chi connectivity index (χ3n) is 3.84. The maximum absolute atomic E-state index is 12.0. The number of carbonyl (C=O) groups is 1. The molecule has 94 valence electrons. The molecule has 0 radical (unpaired) electrons. The van der Waals surface area contributed by atoms with Gasteiger partial charge < -0.3 is 4.90 Å². The van der Waals surface area contributed by atoms with Gasteiger partial charge in [0.25, 0.3) is 0 Å². The fourth-order valence-corrected chi connectivity index (χ4v) is 2.65. The summed E-state index contributed by atoms with van der Waals surface area (Å²) in [5, 5.41) is 8.82. The molecule has 2 aliphatic heterocycles. The summed E-state index contributed by atoms with van der Waals surface area (Å²) in [4.78, 5) is 16.2. The van der Waals surface area contributed by atoms with Crippen LogP contribution in [0.15, 0.2) is 0 Å². The van der Waals surface area contributed by atoms with Gasteiger partial charge >= 0.3 is 0 Å². The normalized spacial score (nSPS) is 23.4. The second-order valence-electron chi connectivity index (χ2n) is 5.12. The first kappa shape index (κ1) is 12.4. The lowest BCUT2D eigenvalue weighted by Crippen LogP contribution is -2.45. The van der Waals surface area contributed by atoms with Crippen LogP contribution in [0.1, 0.15) is 32.1 Å². The third kappa shape index (κ3) is 3.44. The van der Waals surface area contributed by atoms with E-state index in [0.717, 1.165) is 51.9 Å². The Morgan fingerprint density at radius 3 is 2.35 bits per heavy atom. The SMILES string of the molecule is N#CC1CCN(CC(=O)N2CCCCC2)CC1. The highest BCUT2D eigenvalue weighted by Gasteiger charge is 2.23. The van der Waals surface area contributed by atoms with Crippen molar-refractivity contribution in [3.05, 3.63) is 0 Å². The summed E-state index contributed by atoms with van der Waals surface area (Å²) in [5.74, 6) is 0.483. The molecule has 4 nitrogen and oxygen atoms in total. The van der Waals surface area contributed by atoms with E-state index in [4.69, 9.17) is 5.26 Å². The number of nitriles is 1.